The number of esters is 1. The molecule has 1 aromatic carbocycles. The summed E-state index contributed by atoms with van der Waals surface area (Å²) in [6, 6.07) is 6.55. The minimum atomic E-state index is -0.918. The van der Waals surface area contributed by atoms with Crippen molar-refractivity contribution in [2.24, 2.45) is 5.41 Å². The van der Waals surface area contributed by atoms with Gasteiger partial charge in [-0.25, -0.2) is 4.79 Å². The third-order valence-electron chi connectivity index (χ3n) is 4.78. The molecular weight excluding hydrogens is 308 g/mol. The minimum absolute atomic E-state index is 0.0520. The highest BCUT2D eigenvalue weighted by Gasteiger charge is 2.58. The summed E-state index contributed by atoms with van der Waals surface area (Å²) in [4.78, 5) is 38.8. The fourth-order valence-corrected chi connectivity index (χ4v) is 3.16. The number of carbonyl (C=O) groups is 3. The fourth-order valence-electron chi connectivity index (χ4n) is 3.16. The molecule has 1 N–H and O–H groups in total. The maximum absolute atomic E-state index is 12.7. The van der Waals surface area contributed by atoms with E-state index in [-0.39, 0.29) is 11.8 Å². The van der Waals surface area contributed by atoms with Gasteiger partial charge in [-0.3, -0.25) is 9.59 Å². The number of carbonyl (C=O) groups excluding carboxylic acids is 3. The molecule has 1 saturated heterocycles. The Hall–Kier alpha value is -2.37. The molecule has 3 rings (SSSR count). The van der Waals surface area contributed by atoms with Crippen LogP contribution in [0.1, 0.15) is 42.5 Å². The highest BCUT2D eigenvalue weighted by molar-refractivity contribution is 6.13. The topological polar surface area (TPSA) is 75.7 Å². The Kier molecular flexibility index (Phi) is 4.55. The lowest BCUT2D eigenvalue weighted by Gasteiger charge is -2.30. The number of methoxy groups -OCH3 is 1. The maximum atomic E-state index is 12.7. The van der Waals surface area contributed by atoms with E-state index in [9.17, 15) is 14.4 Å². The summed E-state index contributed by atoms with van der Waals surface area (Å²) in [6.07, 6.45) is 4.33. The van der Waals surface area contributed by atoms with E-state index in [0.29, 0.717) is 24.1 Å². The molecule has 0 atom stereocenters. The van der Waals surface area contributed by atoms with Gasteiger partial charge >= 0.3 is 5.97 Å². The third-order valence-corrected chi connectivity index (χ3v) is 4.78. The van der Waals surface area contributed by atoms with Crippen molar-refractivity contribution in [3.63, 3.8) is 0 Å². The van der Waals surface area contributed by atoms with Gasteiger partial charge in [0.25, 0.3) is 0 Å². The molecule has 1 heterocycles. The molecule has 24 heavy (non-hydrogen) atoms. The van der Waals surface area contributed by atoms with Gasteiger partial charge in [-0.2, -0.15) is 0 Å². The number of ether oxygens (including phenoxy) is 1. The number of hydrogen-bond acceptors (Lipinski definition) is 4. The lowest BCUT2D eigenvalue weighted by molar-refractivity contribution is -0.143. The van der Waals surface area contributed by atoms with Crippen LogP contribution in [0.5, 0.6) is 0 Å². The standard InChI is InChI=1S/C18H22N2O4/c1-24-15(21)13-6-5-7-14(12-13)19-16(22)18(8-9-18)17(23)20-10-3-2-4-11-20/h5-7,12H,2-4,8-11H2,1H3,(H,19,22). The number of benzene rings is 1. The van der Waals surface area contributed by atoms with Gasteiger partial charge in [0.15, 0.2) is 0 Å². The molecule has 6 nitrogen and oxygen atoms in total. The van der Waals surface area contributed by atoms with Gasteiger partial charge < -0.3 is 15.0 Å². The molecule has 1 saturated carbocycles. The molecular formula is C18H22N2O4. The largest absolute Gasteiger partial charge is 0.465 e. The SMILES string of the molecule is COC(=O)c1cccc(NC(=O)C2(C(=O)N3CCCCC3)CC2)c1. The maximum Gasteiger partial charge on any atom is 0.337 e. The zero-order chi connectivity index (χ0) is 17.2. The van der Waals surface area contributed by atoms with Crippen molar-refractivity contribution in [2.45, 2.75) is 32.1 Å². The molecule has 1 aliphatic carbocycles. The first-order valence-electron chi connectivity index (χ1n) is 8.36. The van der Waals surface area contributed by atoms with Crippen molar-refractivity contribution in [3.05, 3.63) is 29.8 Å². The summed E-state index contributed by atoms with van der Waals surface area (Å²) in [7, 11) is 1.31. The Labute approximate surface area is 141 Å². The second kappa shape index (κ2) is 6.63. The van der Waals surface area contributed by atoms with E-state index in [0.717, 1.165) is 32.4 Å². The molecule has 2 aliphatic rings. The van der Waals surface area contributed by atoms with Crippen LogP contribution in [-0.2, 0) is 14.3 Å². The summed E-state index contributed by atoms with van der Waals surface area (Å²) in [5.74, 6) is -0.791. The number of piperidine rings is 1. The second-order valence-corrected chi connectivity index (χ2v) is 6.46. The van der Waals surface area contributed by atoms with Gasteiger partial charge in [-0.1, -0.05) is 6.07 Å². The molecule has 0 aromatic heterocycles. The first kappa shape index (κ1) is 16.5. The first-order valence-corrected chi connectivity index (χ1v) is 8.36. The molecule has 0 spiro atoms. The van der Waals surface area contributed by atoms with E-state index < -0.39 is 11.4 Å². The molecule has 2 fully saturated rings. The van der Waals surface area contributed by atoms with E-state index in [4.69, 9.17) is 0 Å². The smallest absolute Gasteiger partial charge is 0.337 e. The zero-order valence-electron chi connectivity index (χ0n) is 13.8. The number of anilines is 1. The van der Waals surface area contributed by atoms with Crippen LogP contribution in [0.4, 0.5) is 5.69 Å². The second-order valence-electron chi connectivity index (χ2n) is 6.46. The third kappa shape index (κ3) is 3.13. The summed E-state index contributed by atoms with van der Waals surface area (Å²) in [6.45, 7) is 1.48. The zero-order valence-corrected chi connectivity index (χ0v) is 13.8. The highest BCUT2D eigenvalue weighted by atomic mass is 16.5. The van der Waals surface area contributed by atoms with Crippen molar-refractivity contribution in [3.8, 4) is 0 Å². The number of nitrogens with zero attached hydrogens (tertiary/aromatic N) is 1. The summed E-state index contributed by atoms with van der Waals surface area (Å²) >= 11 is 0. The Bertz CT molecular complexity index is 661. The van der Waals surface area contributed by atoms with Crippen molar-refractivity contribution < 1.29 is 19.1 Å². The highest BCUT2D eigenvalue weighted by Crippen LogP contribution is 2.48. The monoisotopic (exact) mass is 330 g/mol. The quantitative estimate of drug-likeness (QED) is 0.678. The molecule has 0 radical (unpaired) electrons. The molecule has 6 heteroatoms. The van der Waals surface area contributed by atoms with Crippen molar-refractivity contribution in [1.82, 2.24) is 4.90 Å². The van der Waals surface area contributed by atoms with Crippen molar-refractivity contribution in [2.75, 3.05) is 25.5 Å². The number of amides is 2. The van der Waals surface area contributed by atoms with E-state index in [1.54, 1.807) is 24.3 Å². The van der Waals surface area contributed by atoms with Gasteiger partial charge in [0.05, 0.1) is 12.7 Å². The molecule has 128 valence electrons. The van der Waals surface area contributed by atoms with Gasteiger partial charge in [0.1, 0.15) is 5.41 Å². The van der Waals surface area contributed by atoms with Crippen LogP contribution in [0.2, 0.25) is 0 Å². The van der Waals surface area contributed by atoms with Crippen LogP contribution in [0, 0.1) is 5.41 Å². The molecule has 0 bridgehead atoms. The van der Waals surface area contributed by atoms with Gasteiger partial charge in [-0.15, -0.1) is 0 Å². The average Bonchev–Trinajstić information content (AvgIpc) is 3.43. The van der Waals surface area contributed by atoms with Crippen LogP contribution in [0.25, 0.3) is 0 Å². The molecule has 1 aromatic rings. The predicted molar refractivity (Wildman–Crippen MR) is 88.5 cm³/mol. The Balaban J connectivity index is 1.70. The Morgan fingerprint density at radius 2 is 1.83 bits per heavy atom. The number of hydrogen-bond donors (Lipinski definition) is 1. The fraction of sp³-hybridized carbons (Fsp3) is 0.500. The lowest BCUT2D eigenvalue weighted by atomic mass is 10.0. The molecule has 2 amide bonds. The normalized spacial score (nSPS) is 18.6. The van der Waals surface area contributed by atoms with E-state index in [1.165, 1.54) is 7.11 Å². The summed E-state index contributed by atoms with van der Waals surface area (Å²) in [5, 5.41) is 2.79. The molecule has 1 aliphatic heterocycles. The van der Waals surface area contributed by atoms with E-state index in [1.807, 2.05) is 4.90 Å². The predicted octanol–water partition coefficient (Wildman–Crippen LogP) is 2.20. The van der Waals surface area contributed by atoms with Gasteiger partial charge in [-0.05, 0) is 50.3 Å². The van der Waals surface area contributed by atoms with Crippen LogP contribution in [-0.4, -0.2) is 42.9 Å². The summed E-state index contributed by atoms with van der Waals surface area (Å²) < 4.78 is 4.68. The van der Waals surface area contributed by atoms with E-state index >= 15 is 0 Å². The van der Waals surface area contributed by atoms with E-state index in [2.05, 4.69) is 10.1 Å². The van der Waals surface area contributed by atoms with Gasteiger partial charge in [0, 0.05) is 18.8 Å². The number of likely N-dealkylation sites (tertiary alicyclic amines) is 1. The Morgan fingerprint density at radius 1 is 1.12 bits per heavy atom. The van der Waals surface area contributed by atoms with Crippen LogP contribution >= 0.6 is 0 Å². The minimum Gasteiger partial charge on any atom is -0.465 e. The van der Waals surface area contributed by atoms with Crippen LogP contribution < -0.4 is 5.32 Å². The Morgan fingerprint density at radius 3 is 2.46 bits per heavy atom. The number of rotatable bonds is 4. The summed E-state index contributed by atoms with van der Waals surface area (Å²) in [5.41, 5.74) is -0.0540. The number of nitrogens with one attached hydrogen (secondary N) is 1. The average molecular weight is 330 g/mol. The lowest BCUT2D eigenvalue weighted by Crippen LogP contribution is -2.45. The van der Waals surface area contributed by atoms with Crippen LogP contribution in [0.15, 0.2) is 24.3 Å². The van der Waals surface area contributed by atoms with Crippen LogP contribution in [0.3, 0.4) is 0 Å². The van der Waals surface area contributed by atoms with Crippen molar-refractivity contribution >= 4 is 23.5 Å². The molecule has 0 unspecified atom stereocenters. The first-order chi connectivity index (χ1) is 11.6. The van der Waals surface area contributed by atoms with Gasteiger partial charge in [0.2, 0.25) is 11.8 Å². The van der Waals surface area contributed by atoms with Crippen molar-refractivity contribution in [1.29, 1.82) is 0 Å².